The Morgan fingerprint density at radius 1 is 1.11 bits per heavy atom. The standard InChI is InChI=1S/C21H31N3O3/c1-16-4-3-11-24(14-16)20(25)15-23-12-9-18(10-13-23)22-21(26)17-5-7-19(27-2)8-6-17/h5-8,16,18H,3-4,9-15H2,1-2H3,(H,22,26)/t16-/m0/s1. The number of carbonyl (C=O) groups excluding carboxylic acids is 2. The van der Waals surface area contributed by atoms with E-state index in [-0.39, 0.29) is 17.9 Å². The number of carbonyl (C=O) groups is 2. The summed E-state index contributed by atoms with van der Waals surface area (Å²) in [6.07, 6.45) is 4.10. The fraction of sp³-hybridized carbons (Fsp3) is 0.619. The van der Waals surface area contributed by atoms with Gasteiger partial charge < -0.3 is 15.0 Å². The van der Waals surface area contributed by atoms with E-state index in [1.54, 1.807) is 31.4 Å². The van der Waals surface area contributed by atoms with E-state index < -0.39 is 0 Å². The summed E-state index contributed by atoms with van der Waals surface area (Å²) >= 11 is 0. The van der Waals surface area contributed by atoms with Gasteiger partial charge in [-0.25, -0.2) is 0 Å². The first kappa shape index (κ1) is 19.7. The van der Waals surface area contributed by atoms with E-state index in [4.69, 9.17) is 4.74 Å². The fourth-order valence-electron chi connectivity index (χ4n) is 3.95. The molecule has 27 heavy (non-hydrogen) atoms. The molecule has 0 spiro atoms. The zero-order valence-electron chi connectivity index (χ0n) is 16.4. The Hall–Kier alpha value is -2.08. The molecule has 1 N–H and O–H groups in total. The topological polar surface area (TPSA) is 61.9 Å². The van der Waals surface area contributed by atoms with Gasteiger partial charge >= 0.3 is 0 Å². The lowest BCUT2D eigenvalue weighted by Crippen LogP contribution is -2.49. The number of likely N-dealkylation sites (tertiary alicyclic amines) is 2. The zero-order valence-corrected chi connectivity index (χ0v) is 16.4. The molecular weight excluding hydrogens is 342 g/mol. The summed E-state index contributed by atoms with van der Waals surface area (Å²) in [6, 6.07) is 7.32. The van der Waals surface area contributed by atoms with E-state index in [0.29, 0.717) is 18.0 Å². The molecule has 0 aromatic heterocycles. The van der Waals surface area contributed by atoms with Crippen molar-refractivity contribution in [1.82, 2.24) is 15.1 Å². The Balaban J connectivity index is 1.41. The number of benzene rings is 1. The summed E-state index contributed by atoms with van der Waals surface area (Å²) in [5, 5.41) is 3.11. The van der Waals surface area contributed by atoms with Gasteiger partial charge in [0.2, 0.25) is 5.91 Å². The van der Waals surface area contributed by atoms with Gasteiger partial charge in [0.15, 0.2) is 0 Å². The van der Waals surface area contributed by atoms with E-state index in [9.17, 15) is 9.59 Å². The van der Waals surface area contributed by atoms with Gasteiger partial charge in [0.05, 0.1) is 13.7 Å². The summed E-state index contributed by atoms with van der Waals surface area (Å²) < 4.78 is 5.12. The third-order valence-corrected chi connectivity index (χ3v) is 5.64. The Morgan fingerprint density at radius 3 is 2.44 bits per heavy atom. The van der Waals surface area contributed by atoms with E-state index in [1.165, 1.54) is 6.42 Å². The van der Waals surface area contributed by atoms with Crippen LogP contribution in [0.15, 0.2) is 24.3 Å². The van der Waals surface area contributed by atoms with Gasteiger partial charge in [0, 0.05) is 37.8 Å². The number of hydrogen-bond donors (Lipinski definition) is 1. The molecule has 2 saturated heterocycles. The maximum Gasteiger partial charge on any atom is 0.251 e. The number of piperidine rings is 2. The average Bonchev–Trinajstić information content (AvgIpc) is 2.69. The van der Waals surface area contributed by atoms with Gasteiger partial charge in [-0.05, 0) is 55.9 Å². The van der Waals surface area contributed by atoms with Crippen molar-refractivity contribution in [2.24, 2.45) is 5.92 Å². The second-order valence-corrected chi connectivity index (χ2v) is 7.84. The van der Waals surface area contributed by atoms with E-state index in [0.717, 1.165) is 51.2 Å². The maximum absolute atomic E-state index is 12.5. The fourth-order valence-corrected chi connectivity index (χ4v) is 3.95. The van der Waals surface area contributed by atoms with Crippen LogP contribution in [-0.2, 0) is 4.79 Å². The molecule has 0 unspecified atom stereocenters. The van der Waals surface area contributed by atoms with Crippen molar-refractivity contribution in [3.8, 4) is 5.75 Å². The van der Waals surface area contributed by atoms with Crippen molar-refractivity contribution in [3.63, 3.8) is 0 Å². The third-order valence-electron chi connectivity index (χ3n) is 5.64. The van der Waals surface area contributed by atoms with Crippen LogP contribution in [0.3, 0.4) is 0 Å². The summed E-state index contributed by atoms with van der Waals surface area (Å²) in [6.45, 7) is 6.22. The normalized spacial score (nSPS) is 21.7. The molecule has 1 aromatic rings. The second kappa shape index (κ2) is 9.22. The van der Waals surface area contributed by atoms with Gasteiger partial charge in [-0.2, -0.15) is 0 Å². The molecule has 2 aliphatic rings. The Bertz CT molecular complexity index is 639. The lowest BCUT2D eigenvalue weighted by atomic mass is 10.00. The Kier molecular flexibility index (Phi) is 6.72. The van der Waals surface area contributed by atoms with Gasteiger partial charge in [0.25, 0.3) is 5.91 Å². The Labute approximate surface area is 161 Å². The van der Waals surface area contributed by atoms with E-state index in [2.05, 4.69) is 17.1 Å². The van der Waals surface area contributed by atoms with Crippen LogP contribution in [0.1, 0.15) is 43.0 Å². The van der Waals surface area contributed by atoms with E-state index in [1.807, 2.05) is 4.90 Å². The van der Waals surface area contributed by atoms with E-state index >= 15 is 0 Å². The summed E-state index contributed by atoms with van der Waals surface area (Å²) in [5.74, 6) is 1.56. The number of ether oxygens (including phenoxy) is 1. The highest BCUT2D eigenvalue weighted by Crippen LogP contribution is 2.17. The van der Waals surface area contributed by atoms with Crippen molar-refractivity contribution < 1.29 is 14.3 Å². The minimum Gasteiger partial charge on any atom is -0.497 e. The predicted molar refractivity (Wildman–Crippen MR) is 105 cm³/mol. The highest BCUT2D eigenvalue weighted by atomic mass is 16.5. The molecule has 2 heterocycles. The molecule has 6 nitrogen and oxygen atoms in total. The predicted octanol–water partition coefficient (Wildman–Crippen LogP) is 2.15. The van der Waals surface area contributed by atoms with Crippen molar-refractivity contribution in [2.45, 2.75) is 38.6 Å². The van der Waals surface area contributed by atoms with Crippen LogP contribution in [0.4, 0.5) is 0 Å². The molecule has 2 aliphatic heterocycles. The van der Waals surface area contributed by atoms with Crippen LogP contribution in [0, 0.1) is 5.92 Å². The molecule has 148 valence electrons. The largest absolute Gasteiger partial charge is 0.497 e. The van der Waals surface area contributed by atoms with Crippen molar-refractivity contribution in [1.29, 1.82) is 0 Å². The number of methoxy groups -OCH3 is 1. The molecule has 0 radical (unpaired) electrons. The van der Waals surface area contributed by atoms with Gasteiger partial charge in [0.1, 0.15) is 5.75 Å². The molecule has 1 atom stereocenters. The van der Waals surface area contributed by atoms with Crippen LogP contribution in [-0.4, -0.2) is 67.5 Å². The first-order chi connectivity index (χ1) is 13.0. The number of amides is 2. The van der Waals surface area contributed by atoms with Crippen LogP contribution in [0.2, 0.25) is 0 Å². The van der Waals surface area contributed by atoms with Crippen molar-refractivity contribution in [3.05, 3.63) is 29.8 Å². The van der Waals surface area contributed by atoms with Crippen molar-refractivity contribution >= 4 is 11.8 Å². The number of nitrogens with one attached hydrogen (secondary N) is 1. The molecule has 0 saturated carbocycles. The number of nitrogens with zero attached hydrogens (tertiary/aromatic N) is 2. The van der Waals surface area contributed by atoms with Crippen LogP contribution in [0.25, 0.3) is 0 Å². The lowest BCUT2D eigenvalue weighted by Gasteiger charge is -2.35. The quantitative estimate of drug-likeness (QED) is 0.859. The SMILES string of the molecule is COc1ccc(C(=O)NC2CCN(CC(=O)N3CCC[C@H](C)C3)CC2)cc1. The lowest BCUT2D eigenvalue weighted by molar-refractivity contribution is -0.134. The van der Waals surface area contributed by atoms with Crippen LogP contribution < -0.4 is 10.1 Å². The maximum atomic E-state index is 12.5. The highest BCUT2D eigenvalue weighted by molar-refractivity contribution is 5.94. The monoisotopic (exact) mass is 373 g/mol. The first-order valence-electron chi connectivity index (χ1n) is 10.00. The zero-order chi connectivity index (χ0) is 19.2. The summed E-state index contributed by atoms with van der Waals surface area (Å²) in [7, 11) is 1.61. The molecule has 0 aliphatic carbocycles. The summed E-state index contributed by atoms with van der Waals surface area (Å²) in [5.41, 5.74) is 0.646. The Morgan fingerprint density at radius 2 is 1.81 bits per heavy atom. The average molecular weight is 373 g/mol. The number of rotatable bonds is 5. The van der Waals surface area contributed by atoms with Gasteiger partial charge in [-0.3, -0.25) is 14.5 Å². The molecule has 3 rings (SSSR count). The van der Waals surface area contributed by atoms with Crippen molar-refractivity contribution in [2.75, 3.05) is 39.8 Å². The minimum absolute atomic E-state index is 0.0468. The molecule has 1 aromatic carbocycles. The molecular formula is C21H31N3O3. The molecule has 2 fully saturated rings. The smallest absolute Gasteiger partial charge is 0.251 e. The third kappa shape index (κ3) is 5.45. The second-order valence-electron chi connectivity index (χ2n) is 7.84. The van der Waals surface area contributed by atoms with Crippen LogP contribution >= 0.6 is 0 Å². The number of hydrogen-bond acceptors (Lipinski definition) is 4. The van der Waals surface area contributed by atoms with Gasteiger partial charge in [-0.1, -0.05) is 6.92 Å². The minimum atomic E-state index is -0.0468. The summed E-state index contributed by atoms with van der Waals surface area (Å²) in [4.78, 5) is 29.1. The molecule has 6 heteroatoms. The first-order valence-corrected chi connectivity index (χ1v) is 10.00. The van der Waals surface area contributed by atoms with Crippen LogP contribution in [0.5, 0.6) is 5.75 Å². The highest BCUT2D eigenvalue weighted by Gasteiger charge is 2.26. The van der Waals surface area contributed by atoms with Gasteiger partial charge in [-0.15, -0.1) is 0 Å². The molecule has 2 amide bonds. The molecule has 0 bridgehead atoms.